The predicted octanol–water partition coefficient (Wildman–Crippen LogP) is 3.79. The molecule has 1 saturated heterocycles. The van der Waals surface area contributed by atoms with Crippen molar-refractivity contribution in [3.8, 4) is 5.75 Å². The molecule has 0 spiro atoms. The van der Waals surface area contributed by atoms with Crippen molar-refractivity contribution in [3.05, 3.63) is 95.1 Å². The van der Waals surface area contributed by atoms with Crippen LogP contribution in [0.25, 0.3) is 0 Å². The van der Waals surface area contributed by atoms with Gasteiger partial charge in [-0.05, 0) is 46.5 Å². The second-order valence-corrected chi connectivity index (χ2v) is 7.79. The second kappa shape index (κ2) is 5.32. The second-order valence-electron chi connectivity index (χ2n) is 7.79. The Balaban J connectivity index is 1.57. The number of phenolic OH excluding ortho intramolecular Hbond substituents is 1. The highest BCUT2D eigenvalue weighted by Crippen LogP contribution is 2.61. The molecule has 4 nitrogen and oxygen atoms in total. The van der Waals surface area contributed by atoms with Crippen molar-refractivity contribution in [2.75, 3.05) is 4.90 Å². The van der Waals surface area contributed by atoms with Gasteiger partial charge in [-0.25, -0.2) is 4.90 Å². The van der Waals surface area contributed by atoms with Gasteiger partial charge >= 0.3 is 0 Å². The van der Waals surface area contributed by atoms with Crippen molar-refractivity contribution < 1.29 is 14.7 Å². The van der Waals surface area contributed by atoms with Crippen molar-refractivity contribution in [2.45, 2.75) is 11.8 Å². The summed E-state index contributed by atoms with van der Waals surface area (Å²) in [6.07, 6.45) is 0. The lowest BCUT2D eigenvalue weighted by Gasteiger charge is -2.45. The molecule has 0 aromatic heterocycles. The normalized spacial score (nSPS) is 26.8. The zero-order valence-corrected chi connectivity index (χ0v) is 14.9. The van der Waals surface area contributed by atoms with Crippen molar-refractivity contribution in [1.82, 2.24) is 0 Å². The van der Waals surface area contributed by atoms with Crippen LogP contribution < -0.4 is 4.90 Å². The molecule has 2 unspecified atom stereocenters. The molecule has 2 amide bonds. The van der Waals surface area contributed by atoms with Gasteiger partial charge in [-0.2, -0.15) is 0 Å². The number of rotatable bonds is 1. The SMILES string of the molecule is O=C1C2C3c4ccccc4C(c4ccccc43)C2C(=O)N1c1ccc(O)cc1. The van der Waals surface area contributed by atoms with Crippen LogP contribution in [-0.2, 0) is 9.59 Å². The summed E-state index contributed by atoms with van der Waals surface area (Å²) in [4.78, 5) is 28.3. The van der Waals surface area contributed by atoms with Gasteiger partial charge in [0.2, 0.25) is 11.8 Å². The minimum absolute atomic E-state index is 0.0963. The fraction of sp³-hybridized carbons (Fsp3) is 0.167. The molecule has 7 rings (SSSR count). The number of anilines is 1. The lowest BCUT2D eigenvalue weighted by molar-refractivity contribution is -0.122. The van der Waals surface area contributed by atoms with Crippen molar-refractivity contribution in [1.29, 1.82) is 0 Å². The summed E-state index contributed by atoms with van der Waals surface area (Å²) in [6.45, 7) is 0. The van der Waals surface area contributed by atoms with Gasteiger partial charge in [-0.15, -0.1) is 0 Å². The molecule has 1 fully saturated rings. The van der Waals surface area contributed by atoms with Gasteiger partial charge in [0, 0.05) is 11.8 Å². The topological polar surface area (TPSA) is 57.6 Å². The summed E-state index contributed by atoms with van der Waals surface area (Å²) in [5, 5.41) is 9.58. The van der Waals surface area contributed by atoms with Crippen molar-refractivity contribution >= 4 is 17.5 Å². The van der Waals surface area contributed by atoms with E-state index in [9.17, 15) is 14.7 Å². The minimum atomic E-state index is -0.379. The van der Waals surface area contributed by atoms with E-state index in [4.69, 9.17) is 0 Å². The van der Waals surface area contributed by atoms with E-state index in [0.717, 1.165) is 0 Å². The molecule has 3 aromatic carbocycles. The summed E-state index contributed by atoms with van der Waals surface area (Å²) >= 11 is 0. The smallest absolute Gasteiger partial charge is 0.238 e. The van der Waals surface area contributed by atoms with Crippen LogP contribution in [0.3, 0.4) is 0 Å². The minimum Gasteiger partial charge on any atom is -0.508 e. The molecule has 1 N–H and O–H groups in total. The molecule has 2 atom stereocenters. The van der Waals surface area contributed by atoms with Gasteiger partial charge < -0.3 is 5.11 Å². The maximum absolute atomic E-state index is 13.5. The maximum atomic E-state index is 13.5. The van der Waals surface area contributed by atoms with Crippen LogP contribution in [0.5, 0.6) is 5.75 Å². The van der Waals surface area contributed by atoms with E-state index in [1.54, 1.807) is 12.1 Å². The van der Waals surface area contributed by atoms with E-state index in [0.29, 0.717) is 5.69 Å². The Morgan fingerprint density at radius 2 is 1.00 bits per heavy atom. The predicted molar refractivity (Wildman–Crippen MR) is 104 cm³/mol. The highest BCUT2D eigenvalue weighted by atomic mass is 16.3. The summed E-state index contributed by atoms with van der Waals surface area (Å²) in [7, 11) is 0. The summed E-state index contributed by atoms with van der Waals surface area (Å²) in [6, 6.07) is 22.7. The molecular weight excluding hydrogens is 350 g/mol. The lowest BCUT2D eigenvalue weighted by Crippen LogP contribution is -2.41. The Morgan fingerprint density at radius 1 is 0.607 bits per heavy atom. The van der Waals surface area contributed by atoms with Crippen LogP contribution in [-0.4, -0.2) is 16.9 Å². The number of imide groups is 1. The first-order valence-corrected chi connectivity index (χ1v) is 9.51. The maximum Gasteiger partial charge on any atom is 0.238 e. The average Bonchev–Trinajstić information content (AvgIpc) is 3.00. The molecule has 1 aliphatic heterocycles. The third-order valence-corrected chi connectivity index (χ3v) is 6.56. The Bertz CT molecular complexity index is 1040. The molecule has 3 aromatic rings. The number of aromatic hydroxyl groups is 1. The lowest BCUT2D eigenvalue weighted by atomic mass is 9.55. The number of phenols is 1. The number of hydrogen-bond donors (Lipinski definition) is 1. The molecule has 2 bridgehead atoms. The number of benzene rings is 3. The van der Waals surface area contributed by atoms with Crippen LogP contribution in [0.15, 0.2) is 72.8 Å². The molecule has 0 radical (unpaired) electrons. The largest absolute Gasteiger partial charge is 0.508 e. The molecule has 1 heterocycles. The molecule has 136 valence electrons. The van der Waals surface area contributed by atoms with E-state index in [2.05, 4.69) is 24.3 Å². The van der Waals surface area contributed by atoms with Gasteiger partial charge in [0.05, 0.1) is 17.5 Å². The van der Waals surface area contributed by atoms with E-state index in [-0.39, 0.29) is 41.2 Å². The van der Waals surface area contributed by atoms with Gasteiger partial charge in [0.25, 0.3) is 0 Å². The number of carbonyl (C=O) groups is 2. The molecule has 4 heteroatoms. The fourth-order valence-corrected chi connectivity index (χ4v) is 5.53. The van der Waals surface area contributed by atoms with Gasteiger partial charge in [-0.1, -0.05) is 48.5 Å². The Kier molecular flexibility index (Phi) is 2.97. The van der Waals surface area contributed by atoms with Crippen LogP contribution in [0.4, 0.5) is 5.69 Å². The fourth-order valence-electron chi connectivity index (χ4n) is 5.53. The number of nitrogens with zero attached hydrogens (tertiary/aromatic N) is 1. The van der Waals surface area contributed by atoms with Crippen LogP contribution >= 0.6 is 0 Å². The Hall–Kier alpha value is -3.40. The molecule has 4 aliphatic rings. The average molecular weight is 367 g/mol. The van der Waals surface area contributed by atoms with Crippen molar-refractivity contribution in [3.63, 3.8) is 0 Å². The molecule has 3 aliphatic carbocycles. The van der Waals surface area contributed by atoms with Gasteiger partial charge in [0.1, 0.15) is 5.75 Å². The first kappa shape index (κ1) is 15.6. The standard InChI is InChI=1S/C24H17NO3/c26-14-11-9-13(10-12-14)25-23(27)21-19-15-5-1-2-6-16(15)20(22(21)24(25)28)18-8-4-3-7-17(18)19/h1-12,19-22,26H. The van der Waals surface area contributed by atoms with E-state index < -0.39 is 0 Å². The van der Waals surface area contributed by atoms with Crippen LogP contribution in [0.2, 0.25) is 0 Å². The summed E-state index contributed by atoms with van der Waals surface area (Å²) in [5.74, 6) is -1.12. The quantitative estimate of drug-likeness (QED) is 0.666. The zero-order valence-electron chi connectivity index (χ0n) is 14.9. The van der Waals surface area contributed by atoms with Gasteiger partial charge in [0.15, 0.2) is 0 Å². The zero-order chi connectivity index (χ0) is 19.0. The molecule has 28 heavy (non-hydrogen) atoms. The summed E-state index contributed by atoms with van der Waals surface area (Å²) < 4.78 is 0. The van der Waals surface area contributed by atoms with Gasteiger partial charge in [-0.3, -0.25) is 9.59 Å². The molecule has 0 saturated carbocycles. The number of amides is 2. The first-order valence-electron chi connectivity index (χ1n) is 9.51. The number of hydrogen-bond acceptors (Lipinski definition) is 3. The Labute approximate surface area is 162 Å². The van der Waals surface area contributed by atoms with E-state index in [1.165, 1.54) is 39.3 Å². The van der Waals surface area contributed by atoms with E-state index in [1.807, 2.05) is 24.3 Å². The van der Waals surface area contributed by atoms with Crippen LogP contribution in [0.1, 0.15) is 34.1 Å². The first-order chi connectivity index (χ1) is 13.7. The monoisotopic (exact) mass is 367 g/mol. The Morgan fingerprint density at radius 3 is 1.39 bits per heavy atom. The summed E-state index contributed by atoms with van der Waals surface area (Å²) in [5.41, 5.74) is 5.19. The molecular formula is C24H17NO3. The highest BCUT2D eigenvalue weighted by Gasteiger charge is 2.61. The van der Waals surface area contributed by atoms with Crippen molar-refractivity contribution in [2.24, 2.45) is 11.8 Å². The van der Waals surface area contributed by atoms with Crippen LogP contribution in [0, 0.1) is 11.8 Å². The number of carbonyl (C=O) groups excluding carboxylic acids is 2. The van der Waals surface area contributed by atoms with E-state index >= 15 is 0 Å². The highest BCUT2D eigenvalue weighted by molar-refractivity contribution is 6.23. The third-order valence-electron chi connectivity index (χ3n) is 6.56. The third kappa shape index (κ3) is 1.80.